The van der Waals surface area contributed by atoms with E-state index in [-0.39, 0.29) is 0 Å². The van der Waals surface area contributed by atoms with Gasteiger partial charge in [0.2, 0.25) is 0 Å². The zero-order valence-electron chi connectivity index (χ0n) is 20.2. The Morgan fingerprint density at radius 1 is 1.16 bits per heavy atom. The second kappa shape index (κ2) is 12.5. The van der Waals surface area contributed by atoms with Gasteiger partial charge in [0.25, 0.3) is 0 Å². The lowest BCUT2D eigenvalue weighted by molar-refractivity contribution is -0.0180. The van der Waals surface area contributed by atoms with Crippen molar-refractivity contribution in [2.45, 2.75) is 45.3 Å². The van der Waals surface area contributed by atoms with Crippen LogP contribution in [0.2, 0.25) is 0 Å². The van der Waals surface area contributed by atoms with E-state index in [1.807, 2.05) is 6.92 Å². The number of likely N-dealkylation sites (tertiary alicyclic amines) is 1. The van der Waals surface area contributed by atoms with Crippen LogP contribution in [0.5, 0.6) is 0 Å². The normalized spacial score (nSPS) is 22.3. The number of hydrogen-bond donors (Lipinski definition) is 3. The van der Waals surface area contributed by atoms with Gasteiger partial charge in [-0.1, -0.05) is 37.3 Å². The van der Waals surface area contributed by atoms with Crippen LogP contribution in [0, 0.1) is 5.92 Å². The molecule has 1 aromatic rings. The van der Waals surface area contributed by atoms with Gasteiger partial charge in [0.15, 0.2) is 5.96 Å². The van der Waals surface area contributed by atoms with Gasteiger partial charge in [0.1, 0.15) is 0 Å². The highest BCUT2D eigenvalue weighted by Gasteiger charge is 2.27. The Morgan fingerprint density at radius 3 is 2.50 bits per heavy atom. The molecule has 3 N–H and O–H groups in total. The first-order valence-corrected chi connectivity index (χ1v) is 12.3. The van der Waals surface area contributed by atoms with E-state index in [1.165, 1.54) is 18.4 Å². The van der Waals surface area contributed by atoms with Gasteiger partial charge in [-0.2, -0.15) is 0 Å². The van der Waals surface area contributed by atoms with Gasteiger partial charge in [-0.3, -0.25) is 14.8 Å². The second-order valence-electron chi connectivity index (χ2n) is 9.61. The molecular weight excluding hydrogens is 402 g/mol. The first-order valence-electron chi connectivity index (χ1n) is 12.3. The minimum Gasteiger partial charge on any atom is -0.387 e. The topological polar surface area (TPSA) is 72.4 Å². The standard InChI is InChI=1S/C25H43N5O2/c1-4-26-24(28-19-25(3,31)20-29-14-16-32-17-15-29)27-18-23(22-8-6-5-7-9-22)30-12-10-21(2)11-13-30/h5-9,21,23,31H,4,10-20H2,1-3H3,(H2,26,27,28). The first-order chi connectivity index (χ1) is 15.5. The largest absolute Gasteiger partial charge is 0.387 e. The zero-order valence-corrected chi connectivity index (χ0v) is 20.2. The summed E-state index contributed by atoms with van der Waals surface area (Å²) in [6.07, 6.45) is 2.50. The lowest BCUT2D eigenvalue weighted by Crippen LogP contribution is -2.49. The maximum Gasteiger partial charge on any atom is 0.191 e. The first kappa shape index (κ1) is 25.0. The van der Waals surface area contributed by atoms with Crippen molar-refractivity contribution in [3.8, 4) is 0 Å². The van der Waals surface area contributed by atoms with Crippen molar-refractivity contribution < 1.29 is 9.84 Å². The number of β-amino-alcohol motifs (C(OH)–C–C–N with tert-alkyl or cyclic N) is 1. The maximum absolute atomic E-state index is 10.9. The van der Waals surface area contributed by atoms with Crippen LogP contribution in [0.15, 0.2) is 35.3 Å². The molecule has 0 bridgehead atoms. The molecule has 2 aliphatic heterocycles. The fraction of sp³-hybridized carbons (Fsp3) is 0.720. The monoisotopic (exact) mass is 445 g/mol. The van der Waals surface area contributed by atoms with E-state index in [0.717, 1.165) is 64.4 Å². The summed E-state index contributed by atoms with van der Waals surface area (Å²) in [6, 6.07) is 11.1. The molecule has 2 heterocycles. The Balaban J connectivity index is 1.62. The molecule has 180 valence electrons. The number of hydrogen-bond acceptors (Lipinski definition) is 5. The van der Waals surface area contributed by atoms with Crippen LogP contribution in [-0.2, 0) is 4.74 Å². The van der Waals surface area contributed by atoms with Gasteiger partial charge < -0.3 is 20.5 Å². The van der Waals surface area contributed by atoms with Crippen molar-refractivity contribution in [1.82, 2.24) is 20.4 Å². The third-order valence-corrected chi connectivity index (χ3v) is 6.50. The summed E-state index contributed by atoms with van der Waals surface area (Å²) < 4.78 is 5.42. The molecule has 0 aliphatic carbocycles. The van der Waals surface area contributed by atoms with Crippen molar-refractivity contribution in [3.05, 3.63) is 35.9 Å². The quantitative estimate of drug-likeness (QED) is 0.399. The second-order valence-corrected chi connectivity index (χ2v) is 9.61. The average molecular weight is 446 g/mol. The van der Waals surface area contributed by atoms with E-state index < -0.39 is 5.60 Å². The fourth-order valence-electron chi connectivity index (χ4n) is 4.55. The molecule has 0 amide bonds. The molecule has 0 aromatic heterocycles. The maximum atomic E-state index is 10.9. The smallest absolute Gasteiger partial charge is 0.191 e. The number of nitrogens with zero attached hydrogens (tertiary/aromatic N) is 3. The lowest BCUT2D eigenvalue weighted by atomic mass is 9.95. The predicted octanol–water partition coefficient (Wildman–Crippen LogP) is 2.10. The molecule has 2 atom stereocenters. The van der Waals surface area contributed by atoms with Crippen molar-refractivity contribution in [2.75, 3.05) is 65.6 Å². The molecule has 1 aromatic carbocycles. The molecular formula is C25H43N5O2. The number of aliphatic hydroxyl groups is 1. The van der Waals surface area contributed by atoms with Crippen LogP contribution in [-0.4, -0.2) is 92.0 Å². The van der Waals surface area contributed by atoms with Gasteiger partial charge in [-0.25, -0.2) is 0 Å². The van der Waals surface area contributed by atoms with E-state index in [4.69, 9.17) is 9.73 Å². The minimum atomic E-state index is -0.873. The molecule has 7 nitrogen and oxygen atoms in total. The number of piperidine rings is 1. The molecule has 0 spiro atoms. The third kappa shape index (κ3) is 8.03. The third-order valence-electron chi connectivity index (χ3n) is 6.50. The summed E-state index contributed by atoms with van der Waals surface area (Å²) >= 11 is 0. The minimum absolute atomic E-state index is 0.307. The molecule has 3 rings (SSSR count). The average Bonchev–Trinajstić information content (AvgIpc) is 2.80. The summed E-state index contributed by atoms with van der Waals surface area (Å²) in [4.78, 5) is 9.59. The number of nitrogens with one attached hydrogen (secondary N) is 2. The molecule has 2 aliphatic rings. The summed E-state index contributed by atoms with van der Waals surface area (Å²) in [5.41, 5.74) is 0.464. The molecule has 0 saturated carbocycles. The molecule has 7 heteroatoms. The van der Waals surface area contributed by atoms with Gasteiger partial charge in [0.05, 0.1) is 31.4 Å². The van der Waals surface area contributed by atoms with Crippen LogP contribution in [0.3, 0.4) is 0 Å². The van der Waals surface area contributed by atoms with Gasteiger partial charge in [-0.15, -0.1) is 0 Å². The SMILES string of the molecule is CCNC(=NCC(C)(O)CN1CCOCC1)NCC(c1ccccc1)N1CCC(C)CC1. The fourth-order valence-corrected chi connectivity index (χ4v) is 4.55. The van der Waals surface area contributed by atoms with Crippen LogP contribution < -0.4 is 10.6 Å². The Labute approximate surface area is 194 Å². The molecule has 32 heavy (non-hydrogen) atoms. The number of rotatable bonds is 9. The van der Waals surface area contributed by atoms with E-state index in [0.29, 0.717) is 19.1 Å². The summed E-state index contributed by atoms with van der Waals surface area (Å²) in [5.74, 6) is 1.57. The molecule has 2 unspecified atom stereocenters. The Morgan fingerprint density at radius 2 is 1.84 bits per heavy atom. The van der Waals surface area contributed by atoms with E-state index >= 15 is 0 Å². The lowest BCUT2D eigenvalue weighted by Gasteiger charge is -2.37. The molecule has 0 radical (unpaired) electrons. The Hall–Kier alpha value is -1.67. The zero-order chi connectivity index (χ0) is 22.8. The number of benzene rings is 1. The van der Waals surface area contributed by atoms with Gasteiger partial charge >= 0.3 is 0 Å². The predicted molar refractivity (Wildman–Crippen MR) is 131 cm³/mol. The van der Waals surface area contributed by atoms with Gasteiger partial charge in [-0.05, 0) is 51.3 Å². The number of aliphatic imine (C=N–C) groups is 1. The summed E-state index contributed by atoms with van der Waals surface area (Å²) in [5, 5.41) is 17.8. The number of morpholine rings is 1. The van der Waals surface area contributed by atoms with Crippen LogP contribution in [0.25, 0.3) is 0 Å². The van der Waals surface area contributed by atoms with Crippen molar-refractivity contribution in [3.63, 3.8) is 0 Å². The van der Waals surface area contributed by atoms with E-state index in [9.17, 15) is 5.11 Å². The van der Waals surface area contributed by atoms with Crippen molar-refractivity contribution in [1.29, 1.82) is 0 Å². The highest BCUT2D eigenvalue weighted by atomic mass is 16.5. The van der Waals surface area contributed by atoms with Crippen LogP contribution in [0.1, 0.15) is 45.2 Å². The number of guanidine groups is 1. The Kier molecular flexibility index (Phi) is 9.78. The summed E-state index contributed by atoms with van der Waals surface area (Å²) in [6.45, 7) is 14.3. The summed E-state index contributed by atoms with van der Waals surface area (Å²) in [7, 11) is 0. The number of ether oxygens (including phenoxy) is 1. The van der Waals surface area contributed by atoms with Gasteiger partial charge in [0, 0.05) is 32.7 Å². The Bertz CT molecular complexity index is 683. The van der Waals surface area contributed by atoms with Crippen molar-refractivity contribution in [2.24, 2.45) is 10.9 Å². The van der Waals surface area contributed by atoms with E-state index in [1.54, 1.807) is 0 Å². The van der Waals surface area contributed by atoms with Crippen LogP contribution in [0.4, 0.5) is 0 Å². The van der Waals surface area contributed by atoms with Crippen molar-refractivity contribution >= 4 is 5.96 Å². The van der Waals surface area contributed by atoms with E-state index in [2.05, 4.69) is 64.6 Å². The van der Waals surface area contributed by atoms with Crippen LogP contribution >= 0.6 is 0 Å². The molecule has 2 saturated heterocycles. The highest BCUT2D eigenvalue weighted by molar-refractivity contribution is 5.79. The highest BCUT2D eigenvalue weighted by Crippen LogP contribution is 2.26. The molecule has 2 fully saturated rings.